The molecule has 1 N–H and O–H groups in total. The molecule has 1 fully saturated rings. The van der Waals surface area contributed by atoms with Gasteiger partial charge in [-0.2, -0.15) is 0 Å². The van der Waals surface area contributed by atoms with E-state index in [1.165, 1.54) is 7.11 Å². The summed E-state index contributed by atoms with van der Waals surface area (Å²) in [5, 5.41) is 3.09. The summed E-state index contributed by atoms with van der Waals surface area (Å²) in [6.45, 7) is 7.55. The molecular weight excluding hydrogens is 254 g/mol. The van der Waals surface area contributed by atoms with Crippen molar-refractivity contribution in [1.29, 1.82) is 0 Å². The van der Waals surface area contributed by atoms with Gasteiger partial charge in [0.15, 0.2) is 0 Å². The molecule has 0 bridgehead atoms. The molecule has 3 atom stereocenters. The molecule has 1 heterocycles. The third-order valence-corrected chi connectivity index (χ3v) is 4.65. The maximum Gasteiger partial charge on any atom is 0.325 e. The summed E-state index contributed by atoms with van der Waals surface area (Å²) in [4.78, 5) is 16.6. The molecular formula is C15H31N3O2. The van der Waals surface area contributed by atoms with Crippen molar-refractivity contribution in [3.05, 3.63) is 0 Å². The molecule has 0 spiro atoms. The molecule has 1 aliphatic rings. The van der Waals surface area contributed by atoms with Crippen LogP contribution in [0.2, 0.25) is 0 Å². The number of carbonyl (C=O) groups is 1. The maximum absolute atomic E-state index is 11.8. The Kier molecular flexibility index (Phi) is 6.43. The molecule has 0 aromatic rings. The zero-order valence-corrected chi connectivity index (χ0v) is 13.9. The van der Waals surface area contributed by atoms with Crippen LogP contribution in [0.5, 0.6) is 0 Å². The van der Waals surface area contributed by atoms with Crippen molar-refractivity contribution in [2.45, 2.75) is 38.3 Å². The van der Waals surface area contributed by atoms with Gasteiger partial charge in [0.25, 0.3) is 0 Å². The molecule has 0 amide bonds. The van der Waals surface area contributed by atoms with Gasteiger partial charge in [0, 0.05) is 19.1 Å². The Hall–Kier alpha value is -0.650. The first-order valence-electron chi connectivity index (χ1n) is 7.50. The van der Waals surface area contributed by atoms with E-state index in [1.807, 2.05) is 14.0 Å². The number of likely N-dealkylation sites (N-methyl/N-ethyl adjacent to an activating group) is 2. The van der Waals surface area contributed by atoms with E-state index >= 15 is 0 Å². The summed E-state index contributed by atoms with van der Waals surface area (Å²) < 4.78 is 4.87. The number of carbonyl (C=O) groups excluding carboxylic acids is 1. The Labute approximate surface area is 123 Å². The highest BCUT2D eigenvalue weighted by Gasteiger charge is 2.34. The first-order chi connectivity index (χ1) is 9.34. The van der Waals surface area contributed by atoms with Gasteiger partial charge in [0.05, 0.1) is 7.11 Å². The highest BCUT2D eigenvalue weighted by atomic mass is 16.5. The third kappa shape index (κ3) is 4.17. The van der Waals surface area contributed by atoms with Crippen molar-refractivity contribution in [2.24, 2.45) is 5.92 Å². The van der Waals surface area contributed by atoms with E-state index in [2.05, 4.69) is 36.1 Å². The molecule has 0 aromatic heterocycles. The zero-order chi connectivity index (χ0) is 15.3. The Morgan fingerprint density at radius 2 is 2.10 bits per heavy atom. The minimum atomic E-state index is -0.568. The predicted octanol–water partition coefficient (Wildman–Crippen LogP) is 0.800. The quantitative estimate of drug-likeness (QED) is 0.701. The standard InChI is InChI=1S/C15H31N3O2/c1-12-10-18(11-13(12)17(4)5)9-7-8-15(2,16-3)14(19)20-6/h12-13,16H,7-11H2,1-6H3. The van der Waals surface area contributed by atoms with E-state index in [4.69, 9.17) is 4.74 Å². The maximum atomic E-state index is 11.8. The zero-order valence-electron chi connectivity index (χ0n) is 13.9. The van der Waals surface area contributed by atoms with E-state index in [9.17, 15) is 4.79 Å². The summed E-state index contributed by atoms with van der Waals surface area (Å²) in [6, 6.07) is 0.645. The summed E-state index contributed by atoms with van der Waals surface area (Å²) in [7, 11) is 7.57. The SMILES string of the molecule is CNC(C)(CCCN1CC(C)C(N(C)C)C1)C(=O)OC. The first kappa shape index (κ1) is 17.4. The van der Waals surface area contributed by atoms with Gasteiger partial charge in [0.1, 0.15) is 5.54 Å². The highest BCUT2D eigenvalue weighted by Crippen LogP contribution is 2.21. The predicted molar refractivity (Wildman–Crippen MR) is 81.8 cm³/mol. The van der Waals surface area contributed by atoms with Gasteiger partial charge < -0.3 is 19.9 Å². The monoisotopic (exact) mass is 285 g/mol. The second kappa shape index (κ2) is 7.38. The van der Waals surface area contributed by atoms with Crippen LogP contribution >= 0.6 is 0 Å². The number of esters is 1. The van der Waals surface area contributed by atoms with Gasteiger partial charge >= 0.3 is 5.97 Å². The van der Waals surface area contributed by atoms with E-state index < -0.39 is 5.54 Å². The summed E-state index contributed by atoms with van der Waals surface area (Å²) in [5.41, 5.74) is -0.568. The second-order valence-electron chi connectivity index (χ2n) is 6.45. The molecule has 3 unspecified atom stereocenters. The summed E-state index contributed by atoms with van der Waals surface area (Å²) in [6.07, 6.45) is 1.80. The average Bonchev–Trinajstić information content (AvgIpc) is 2.78. The number of ether oxygens (including phenoxy) is 1. The van der Waals surface area contributed by atoms with Crippen molar-refractivity contribution in [2.75, 3.05) is 47.9 Å². The number of nitrogens with zero attached hydrogens (tertiary/aromatic N) is 2. The number of likely N-dealkylation sites (tertiary alicyclic amines) is 1. The van der Waals surface area contributed by atoms with Crippen LogP contribution in [0.25, 0.3) is 0 Å². The van der Waals surface area contributed by atoms with Gasteiger partial charge in [-0.3, -0.25) is 4.79 Å². The second-order valence-corrected chi connectivity index (χ2v) is 6.45. The molecule has 5 heteroatoms. The fourth-order valence-corrected chi connectivity index (χ4v) is 3.11. The Morgan fingerprint density at radius 1 is 1.45 bits per heavy atom. The number of methoxy groups -OCH3 is 1. The van der Waals surface area contributed by atoms with Crippen molar-refractivity contribution >= 4 is 5.97 Å². The van der Waals surface area contributed by atoms with E-state index in [0.29, 0.717) is 12.0 Å². The molecule has 0 radical (unpaired) electrons. The third-order valence-electron chi connectivity index (χ3n) is 4.65. The normalized spacial score (nSPS) is 26.8. The minimum Gasteiger partial charge on any atom is -0.468 e. The molecule has 0 aromatic carbocycles. The van der Waals surface area contributed by atoms with Crippen LogP contribution in [0.15, 0.2) is 0 Å². The molecule has 1 rings (SSSR count). The molecule has 0 saturated carbocycles. The number of hydrogen-bond donors (Lipinski definition) is 1. The van der Waals surface area contributed by atoms with Gasteiger partial charge in [-0.15, -0.1) is 0 Å². The lowest BCUT2D eigenvalue weighted by atomic mass is 9.96. The van der Waals surface area contributed by atoms with Crippen molar-refractivity contribution in [1.82, 2.24) is 15.1 Å². The van der Waals surface area contributed by atoms with Crippen LogP contribution < -0.4 is 5.32 Å². The largest absolute Gasteiger partial charge is 0.468 e. The lowest BCUT2D eigenvalue weighted by Gasteiger charge is -2.27. The Balaban J connectivity index is 2.40. The van der Waals surface area contributed by atoms with Crippen LogP contribution in [0.3, 0.4) is 0 Å². The molecule has 20 heavy (non-hydrogen) atoms. The van der Waals surface area contributed by atoms with Crippen LogP contribution in [0, 0.1) is 5.92 Å². The van der Waals surface area contributed by atoms with Gasteiger partial charge in [-0.25, -0.2) is 0 Å². The van der Waals surface area contributed by atoms with Crippen molar-refractivity contribution in [3.8, 4) is 0 Å². The van der Waals surface area contributed by atoms with E-state index in [0.717, 1.165) is 32.5 Å². The smallest absolute Gasteiger partial charge is 0.325 e. The highest BCUT2D eigenvalue weighted by molar-refractivity contribution is 5.80. The van der Waals surface area contributed by atoms with Gasteiger partial charge in [-0.05, 0) is 53.4 Å². The van der Waals surface area contributed by atoms with Gasteiger partial charge in [0.2, 0.25) is 0 Å². The summed E-state index contributed by atoms with van der Waals surface area (Å²) in [5.74, 6) is 0.530. The minimum absolute atomic E-state index is 0.180. The van der Waals surface area contributed by atoms with Crippen molar-refractivity contribution in [3.63, 3.8) is 0 Å². The Bertz CT molecular complexity index is 322. The molecule has 5 nitrogen and oxygen atoms in total. The van der Waals surface area contributed by atoms with Crippen LogP contribution in [-0.4, -0.2) is 75.2 Å². The van der Waals surface area contributed by atoms with Crippen LogP contribution in [-0.2, 0) is 9.53 Å². The van der Waals surface area contributed by atoms with Crippen LogP contribution in [0.4, 0.5) is 0 Å². The van der Waals surface area contributed by atoms with E-state index in [1.54, 1.807) is 0 Å². The number of hydrogen-bond acceptors (Lipinski definition) is 5. The number of nitrogens with one attached hydrogen (secondary N) is 1. The molecule has 1 aliphatic heterocycles. The average molecular weight is 285 g/mol. The first-order valence-corrected chi connectivity index (χ1v) is 7.50. The number of rotatable bonds is 7. The Morgan fingerprint density at radius 3 is 2.55 bits per heavy atom. The lowest BCUT2D eigenvalue weighted by Crippen LogP contribution is -2.48. The van der Waals surface area contributed by atoms with Gasteiger partial charge in [-0.1, -0.05) is 6.92 Å². The van der Waals surface area contributed by atoms with Crippen LogP contribution in [0.1, 0.15) is 26.7 Å². The van der Waals surface area contributed by atoms with Crippen molar-refractivity contribution < 1.29 is 9.53 Å². The van der Waals surface area contributed by atoms with E-state index in [-0.39, 0.29) is 5.97 Å². The molecule has 1 saturated heterocycles. The summed E-state index contributed by atoms with van der Waals surface area (Å²) >= 11 is 0. The fraction of sp³-hybridized carbons (Fsp3) is 0.933. The topological polar surface area (TPSA) is 44.8 Å². The lowest BCUT2D eigenvalue weighted by molar-refractivity contribution is -0.148. The molecule has 0 aliphatic carbocycles. The fourth-order valence-electron chi connectivity index (χ4n) is 3.11. The molecule has 118 valence electrons.